The van der Waals surface area contributed by atoms with Crippen molar-refractivity contribution in [1.82, 2.24) is 5.32 Å². The van der Waals surface area contributed by atoms with Crippen LogP contribution in [0.4, 0.5) is 0 Å². The molecule has 1 aromatic carbocycles. The molecule has 0 saturated heterocycles. The second kappa shape index (κ2) is 5.30. The van der Waals surface area contributed by atoms with E-state index in [0.29, 0.717) is 17.9 Å². The summed E-state index contributed by atoms with van der Waals surface area (Å²) in [6.45, 7) is 4.05. The van der Waals surface area contributed by atoms with Gasteiger partial charge in [-0.1, -0.05) is 11.6 Å². The lowest BCUT2D eigenvalue weighted by molar-refractivity contribution is -0.116. The maximum absolute atomic E-state index is 11.8. The van der Waals surface area contributed by atoms with Crippen molar-refractivity contribution in [3.8, 4) is 5.75 Å². The molecule has 4 heteroatoms. The van der Waals surface area contributed by atoms with E-state index in [1.165, 1.54) is 7.11 Å². The third kappa shape index (κ3) is 2.59. The highest BCUT2D eigenvalue weighted by atomic mass is 16.5. The minimum atomic E-state index is -0.605. The number of amides is 1. The first kappa shape index (κ1) is 12.2. The minimum absolute atomic E-state index is 0.299. The average molecular weight is 221 g/mol. The van der Waals surface area contributed by atoms with Crippen molar-refractivity contribution in [2.75, 3.05) is 13.7 Å². The molecule has 0 aliphatic carbocycles. The molecule has 1 rings (SSSR count). The molecule has 0 unspecified atom stereocenters. The highest BCUT2D eigenvalue weighted by Gasteiger charge is 2.19. The van der Waals surface area contributed by atoms with Gasteiger partial charge >= 0.3 is 0 Å². The molecule has 0 fully saturated rings. The Labute approximate surface area is 94.6 Å². The number of ketones is 1. The largest absolute Gasteiger partial charge is 0.496 e. The van der Waals surface area contributed by atoms with Gasteiger partial charge in [0.2, 0.25) is 0 Å². The van der Waals surface area contributed by atoms with Crippen LogP contribution in [-0.2, 0) is 4.79 Å². The van der Waals surface area contributed by atoms with Crippen LogP contribution in [0.2, 0.25) is 0 Å². The second-order valence-corrected chi connectivity index (χ2v) is 3.39. The number of likely N-dealkylation sites (N-methyl/N-ethyl adjacent to an activating group) is 1. The standard InChI is InChI=1S/C12H15NO3/c1-4-13-12(15)11(14)9-7-8(2)5-6-10(9)16-3/h5-7H,4H2,1-3H3,(H,13,15). The van der Waals surface area contributed by atoms with Gasteiger partial charge in [0.25, 0.3) is 11.7 Å². The number of carbonyl (C=O) groups excluding carboxylic acids is 2. The summed E-state index contributed by atoms with van der Waals surface area (Å²) in [5.74, 6) is -0.754. The summed E-state index contributed by atoms with van der Waals surface area (Å²) in [6, 6.07) is 5.16. The molecule has 1 N–H and O–H groups in total. The molecule has 0 spiro atoms. The van der Waals surface area contributed by atoms with Gasteiger partial charge in [-0.15, -0.1) is 0 Å². The molecule has 1 aromatic rings. The summed E-state index contributed by atoms with van der Waals surface area (Å²) in [7, 11) is 1.47. The summed E-state index contributed by atoms with van der Waals surface area (Å²) < 4.78 is 5.05. The van der Waals surface area contributed by atoms with Crippen LogP contribution in [0.5, 0.6) is 5.75 Å². The van der Waals surface area contributed by atoms with Gasteiger partial charge in [0.15, 0.2) is 0 Å². The number of benzene rings is 1. The van der Waals surface area contributed by atoms with Gasteiger partial charge < -0.3 is 10.1 Å². The van der Waals surface area contributed by atoms with Crippen LogP contribution in [0.25, 0.3) is 0 Å². The number of hydrogen-bond acceptors (Lipinski definition) is 3. The molecule has 1 amide bonds. The molecular formula is C12H15NO3. The van der Waals surface area contributed by atoms with Crippen molar-refractivity contribution in [2.45, 2.75) is 13.8 Å². The Balaban J connectivity index is 3.06. The number of methoxy groups -OCH3 is 1. The number of nitrogens with one attached hydrogen (secondary N) is 1. The van der Waals surface area contributed by atoms with E-state index in [2.05, 4.69) is 5.32 Å². The number of aryl methyl sites for hydroxylation is 1. The summed E-state index contributed by atoms with van der Waals surface area (Å²) in [5, 5.41) is 2.47. The Morgan fingerprint density at radius 1 is 1.38 bits per heavy atom. The minimum Gasteiger partial charge on any atom is -0.496 e. The highest BCUT2D eigenvalue weighted by molar-refractivity contribution is 6.43. The van der Waals surface area contributed by atoms with E-state index in [-0.39, 0.29) is 0 Å². The number of ether oxygens (including phenoxy) is 1. The highest BCUT2D eigenvalue weighted by Crippen LogP contribution is 2.20. The molecule has 86 valence electrons. The Morgan fingerprint density at radius 2 is 2.06 bits per heavy atom. The zero-order valence-electron chi connectivity index (χ0n) is 9.66. The second-order valence-electron chi connectivity index (χ2n) is 3.39. The van der Waals surface area contributed by atoms with Crippen molar-refractivity contribution < 1.29 is 14.3 Å². The van der Waals surface area contributed by atoms with Gasteiger partial charge in [-0.05, 0) is 26.0 Å². The summed E-state index contributed by atoms with van der Waals surface area (Å²) >= 11 is 0. The Hall–Kier alpha value is -1.84. The van der Waals surface area contributed by atoms with Crippen molar-refractivity contribution >= 4 is 11.7 Å². The van der Waals surface area contributed by atoms with Gasteiger partial charge in [-0.3, -0.25) is 9.59 Å². The average Bonchev–Trinajstić information content (AvgIpc) is 2.28. The molecule has 0 saturated carbocycles. The third-order valence-corrected chi connectivity index (χ3v) is 2.14. The molecular weight excluding hydrogens is 206 g/mol. The van der Waals surface area contributed by atoms with E-state index in [1.54, 1.807) is 19.1 Å². The lowest BCUT2D eigenvalue weighted by Crippen LogP contribution is -2.31. The smallest absolute Gasteiger partial charge is 0.292 e. The molecule has 0 aliphatic rings. The van der Waals surface area contributed by atoms with Crippen molar-refractivity contribution in [3.05, 3.63) is 29.3 Å². The topological polar surface area (TPSA) is 55.4 Å². The Bertz CT molecular complexity index is 413. The number of Topliss-reactive ketones (excluding diaryl/α,β-unsaturated/α-hetero) is 1. The Morgan fingerprint density at radius 3 is 2.62 bits per heavy atom. The van der Waals surface area contributed by atoms with Gasteiger partial charge in [0, 0.05) is 6.54 Å². The fourth-order valence-electron chi connectivity index (χ4n) is 1.36. The van der Waals surface area contributed by atoms with Crippen LogP contribution >= 0.6 is 0 Å². The first-order valence-corrected chi connectivity index (χ1v) is 5.07. The molecule has 0 aromatic heterocycles. The van der Waals surface area contributed by atoms with Crippen molar-refractivity contribution in [2.24, 2.45) is 0 Å². The Kier molecular flexibility index (Phi) is 4.05. The van der Waals surface area contributed by atoms with Gasteiger partial charge in [0.1, 0.15) is 5.75 Å². The van der Waals surface area contributed by atoms with Crippen LogP contribution in [-0.4, -0.2) is 25.3 Å². The monoisotopic (exact) mass is 221 g/mol. The summed E-state index contributed by atoms with van der Waals surface area (Å²) in [6.07, 6.45) is 0. The van der Waals surface area contributed by atoms with Gasteiger partial charge in [0.05, 0.1) is 12.7 Å². The predicted molar refractivity (Wildman–Crippen MR) is 60.7 cm³/mol. The molecule has 0 atom stereocenters. The fourth-order valence-corrected chi connectivity index (χ4v) is 1.36. The number of carbonyl (C=O) groups is 2. The lowest BCUT2D eigenvalue weighted by atomic mass is 10.1. The van der Waals surface area contributed by atoms with Crippen LogP contribution < -0.4 is 10.1 Å². The van der Waals surface area contributed by atoms with E-state index < -0.39 is 11.7 Å². The molecule has 16 heavy (non-hydrogen) atoms. The first-order chi connectivity index (χ1) is 7.60. The van der Waals surface area contributed by atoms with Gasteiger partial charge in [-0.25, -0.2) is 0 Å². The third-order valence-electron chi connectivity index (χ3n) is 2.14. The quantitative estimate of drug-likeness (QED) is 0.616. The first-order valence-electron chi connectivity index (χ1n) is 5.07. The van der Waals surface area contributed by atoms with E-state index in [4.69, 9.17) is 4.74 Å². The summed E-state index contributed by atoms with van der Waals surface area (Å²) in [5.41, 5.74) is 1.21. The molecule has 4 nitrogen and oxygen atoms in total. The summed E-state index contributed by atoms with van der Waals surface area (Å²) in [4.78, 5) is 23.2. The van der Waals surface area contributed by atoms with E-state index >= 15 is 0 Å². The maximum Gasteiger partial charge on any atom is 0.292 e. The maximum atomic E-state index is 11.8. The van der Waals surface area contributed by atoms with Crippen molar-refractivity contribution in [3.63, 3.8) is 0 Å². The van der Waals surface area contributed by atoms with Gasteiger partial charge in [-0.2, -0.15) is 0 Å². The number of rotatable bonds is 4. The predicted octanol–water partition coefficient (Wildman–Crippen LogP) is 1.32. The number of hydrogen-bond donors (Lipinski definition) is 1. The van der Waals surface area contributed by atoms with Crippen LogP contribution in [0.1, 0.15) is 22.8 Å². The van der Waals surface area contributed by atoms with Crippen molar-refractivity contribution in [1.29, 1.82) is 0 Å². The van der Waals surface area contributed by atoms with Crippen LogP contribution in [0.3, 0.4) is 0 Å². The van der Waals surface area contributed by atoms with E-state index in [1.807, 2.05) is 13.0 Å². The van der Waals surface area contributed by atoms with Crippen LogP contribution in [0, 0.1) is 6.92 Å². The molecule has 0 aliphatic heterocycles. The lowest BCUT2D eigenvalue weighted by Gasteiger charge is -2.08. The van der Waals surface area contributed by atoms with Crippen LogP contribution in [0.15, 0.2) is 18.2 Å². The molecule has 0 radical (unpaired) electrons. The zero-order valence-corrected chi connectivity index (χ0v) is 9.66. The van der Waals surface area contributed by atoms with E-state index in [0.717, 1.165) is 5.56 Å². The normalized spacial score (nSPS) is 9.69. The molecule has 0 heterocycles. The molecule has 0 bridgehead atoms. The SMILES string of the molecule is CCNC(=O)C(=O)c1cc(C)ccc1OC. The zero-order chi connectivity index (χ0) is 12.1. The fraction of sp³-hybridized carbons (Fsp3) is 0.333. The van der Waals surface area contributed by atoms with E-state index in [9.17, 15) is 9.59 Å².